The number of Topliss-reactive ketones (excluding diaryl/α,β-unsaturated/α-hetero) is 1. The number of carboxylic acids is 1. The van der Waals surface area contributed by atoms with Crippen molar-refractivity contribution in [3.05, 3.63) is 101 Å². The second-order valence-corrected chi connectivity index (χ2v) is 7.91. The van der Waals surface area contributed by atoms with Gasteiger partial charge in [0.25, 0.3) is 11.7 Å². The molecule has 0 radical (unpaired) electrons. The van der Waals surface area contributed by atoms with Crippen LogP contribution in [0, 0.1) is 0 Å². The number of amides is 1. The molecule has 1 aliphatic rings. The number of methoxy groups -OCH3 is 2. The van der Waals surface area contributed by atoms with Crippen LogP contribution in [0.25, 0.3) is 5.76 Å². The monoisotopic (exact) mass is 473 g/mol. The zero-order valence-corrected chi connectivity index (χ0v) is 19.1. The summed E-state index contributed by atoms with van der Waals surface area (Å²) in [7, 11) is 2.91. The van der Waals surface area contributed by atoms with Crippen molar-refractivity contribution in [2.75, 3.05) is 14.2 Å². The summed E-state index contributed by atoms with van der Waals surface area (Å²) in [5, 5.41) is 20.5. The predicted octanol–water partition coefficient (Wildman–Crippen LogP) is 4.02. The number of benzene rings is 3. The second-order valence-electron chi connectivity index (χ2n) is 7.91. The lowest BCUT2D eigenvalue weighted by Crippen LogP contribution is -2.29. The normalized spacial score (nSPS) is 16.9. The Morgan fingerprint density at radius 3 is 2.20 bits per heavy atom. The lowest BCUT2D eigenvalue weighted by Gasteiger charge is -2.25. The maximum Gasteiger partial charge on any atom is 0.335 e. The third kappa shape index (κ3) is 4.46. The highest BCUT2D eigenvalue weighted by atomic mass is 16.5. The number of hydrogen-bond acceptors (Lipinski definition) is 6. The van der Waals surface area contributed by atoms with Gasteiger partial charge in [-0.15, -0.1) is 0 Å². The van der Waals surface area contributed by atoms with Gasteiger partial charge in [-0.25, -0.2) is 4.79 Å². The predicted molar refractivity (Wildman–Crippen MR) is 127 cm³/mol. The smallest absolute Gasteiger partial charge is 0.335 e. The molecule has 0 saturated carbocycles. The van der Waals surface area contributed by atoms with Crippen LogP contribution in [0.4, 0.5) is 0 Å². The Hall–Kier alpha value is -4.59. The Morgan fingerprint density at radius 2 is 1.60 bits per heavy atom. The molecule has 1 saturated heterocycles. The van der Waals surface area contributed by atoms with Gasteiger partial charge in [-0.3, -0.25) is 9.59 Å². The summed E-state index contributed by atoms with van der Waals surface area (Å²) in [5.74, 6) is -2.29. The molecule has 35 heavy (non-hydrogen) atoms. The number of likely N-dealkylation sites (tertiary alicyclic amines) is 1. The van der Waals surface area contributed by atoms with Gasteiger partial charge in [-0.1, -0.05) is 42.5 Å². The highest BCUT2D eigenvalue weighted by Gasteiger charge is 2.46. The van der Waals surface area contributed by atoms with E-state index in [0.717, 1.165) is 0 Å². The Kier molecular flexibility index (Phi) is 6.55. The summed E-state index contributed by atoms with van der Waals surface area (Å²) >= 11 is 0. The van der Waals surface area contributed by atoms with Crippen molar-refractivity contribution in [3.8, 4) is 11.5 Å². The van der Waals surface area contributed by atoms with E-state index in [1.165, 1.54) is 37.3 Å². The zero-order chi connectivity index (χ0) is 25.1. The number of carboxylic acid groups (broad SMARTS) is 1. The maximum atomic E-state index is 13.2. The summed E-state index contributed by atoms with van der Waals surface area (Å²) in [6.45, 7) is 0.0378. The minimum atomic E-state index is -1.06. The molecule has 1 unspecified atom stereocenters. The molecule has 1 amide bonds. The van der Waals surface area contributed by atoms with Crippen molar-refractivity contribution < 1.29 is 34.1 Å². The molecule has 2 N–H and O–H groups in total. The number of ether oxygens (including phenoxy) is 2. The van der Waals surface area contributed by atoms with Gasteiger partial charge < -0.3 is 24.6 Å². The van der Waals surface area contributed by atoms with Crippen molar-refractivity contribution >= 4 is 23.4 Å². The van der Waals surface area contributed by atoms with Crippen LogP contribution in [0.3, 0.4) is 0 Å². The zero-order valence-electron chi connectivity index (χ0n) is 19.1. The average molecular weight is 473 g/mol. The Morgan fingerprint density at radius 1 is 0.914 bits per heavy atom. The Bertz CT molecular complexity index is 1310. The SMILES string of the molecule is COc1ccc(OC)c(/C(O)=C2\C(=O)C(=O)N(Cc3ccc(C(=O)O)cc3)C2c2ccccc2)c1. The van der Waals surface area contributed by atoms with Gasteiger partial charge in [0, 0.05) is 6.54 Å². The van der Waals surface area contributed by atoms with Gasteiger partial charge in [-0.05, 0) is 41.5 Å². The fraction of sp³-hybridized carbons (Fsp3) is 0.148. The highest BCUT2D eigenvalue weighted by molar-refractivity contribution is 6.46. The first kappa shape index (κ1) is 23.6. The summed E-state index contributed by atoms with van der Waals surface area (Å²) in [5.41, 5.74) is 1.53. The summed E-state index contributed by atoms with van der Waals surface area (Å²) in [6.07, 6.45) is 0. The Labute approximate surface area is 201 Å². The van der Waals surface area contributed by atoms with E-state index >= 15 is 0 Å². The maximum absolute atomic E-state index is 13.2. The van der Waals surface area contributed by atoms with Crippen molar-refractivity contribution in [1.29, 1.82) is 0 Å². The van der Waals surface area contributed by atoms with Crippen molar-refractivity contribution in [3.63, 3.8) is 0 Å². The Balaban J connectivity index is 1.85. The second kappa shape index (κ2) is 9.72. The average Bonchev–Trinajstić information content (AvgIpc) is 3.13. The van der Waals surface area contributed by atoms with E-state index in [1.54, 1.807) is 48.5 Å². The van der Waals surface area contributed by atoms with Gasteiger partial charge in [0.1, 0.15) is 17.3 Å². The van der Waals surface area contributed by atoms with Crippen LogP contribution in [0.1, 0.15) is 33.1 Å². The number of hydrogen-bond donors (Lipinski definition) is 2. The minimum Gasteiger partial charge on any atom is -0.507 e. The van der Waals surface area contributed by atoms with Crippen molar-refractivity contribution in [2.45, 2.75) is 12.6 Å². The van der Waals surface area contributed by atoms with E-state index in [4.69, 9.17) is 14.6 Å². The molecule has 1 aliphatic heterocycles. The first-order chi connectivity index (χ1) is 16.8. The molecule has 4 rings (SSSR count). The first-order valence-electron chi connectivity index (χ1n) is 10.7. The number of ketones is 1. The van der Waals surface area contributed by atoms with Gasteiger partial charge in [0.15, 0.2) is 0 Å². The van der Waals surface area contributed by atoms with Gasteiger partial charge in [0.2, 0.25) is 0 Å². The molecular formula is C27H23NO7. The van der Waals surface area contributed by atoms with Crippen molar-refractivity contribution in [2.24, 2.45) is 0 Å². The van der Waals surface area contributed by atoms with Gasteiger partial charge in [-0.2, -0.15) is 0 Å². The van der Waals surface area contributed by atoms with E-state index in [9.17, 15) is 19.5 Å². The number of aliphatic hydroxyl groups excluding tert-OH is 1. The number of rotatable bonds is 7. The minimum absolute atomic E-state index is 0.0378. The fourth-order valence-electron chi connectivity index (χ4n) is 4.12. The molecule has 1 fully saturated rings. The van der Waals surface area contributed by atoms with Crippen LogP contribution >= 0.6 is 0 Å². The van der Waals surface area contributed by atoms with Gasteiger partial charge >= 0.3 is 5.97 Å². The van der Waals surface area contributed by atoms with E-state index in [-0.39, 0.29) is 29.0 Å². The summed E-state index contributed by atoms with van der Waals surface area (Å²) < 4.78 is 10.6. The lowest BCUT2D eigenvalue weighted by atomic mass is 9.94. The molecule has 0 aliphatic carbocycles. The largest absolute Gasteiger partial charge is 0.507 e. The van der Waals surface area contributed by atoms with Gasteiger partial charge in [0.05, 0.1) is 37.0 Å². The lowest BCUT2D eigenvalue weighted by molar-refractivity contribution is -0.140. The first-order valence-corrected chi connectivity index (χ1v) is 10.7. The quantitative estimate of drug-likeness (QED) is 0.303. The molecule has 0 aromatic heterocycles. The number of carbonyl (C=O) groups excluding carboxylic acids is 2. The van der Waals surface area contributed by atoms with Crippen LogP contribution in [-0.2, 0) is 16.1 Å². The molecule has 0 spiro atoms. The van der Waals surface area contributed by atoms with E-state index in [2.05, 4.69) is 0 Å². The standard InChI is InChI=1S/C27H23NO7/c1-34-19-12-13-21(35-2)20(14-19)24(29)22-23(17-6-4-3-5-7-17)28(26(31)25(22)30)15-16-8-10-18(11-9-16)27(32)33/h3-14,23,29H,15H2,1-2H3,(H,32,33)/b24-22+. The van der Waals surface area contributed by atoms with E-state index in [0.29, 0.717) is 22.6 Å². The summed E-state index contributed by atoms with van der Waals surface area (Å²) in [6, 6.07) is 18.9. The third-order valence-corrected chi connectivity index (χ3v) is 5.87. The molecule has 178 valence electrons. The third-order valence-electron chi connectivity index (χ3n) is 5.87. The molecular weight excluding hydrogens is 450 g/mol. The molecule has 1 atom stereocenters. The molecule has 1 heterocycles. The number of nitrogens with zero attached hydrogens (tertiary/aromatic N) is 1. The van der Waals surface area contributed by atoms with Crippen LogP contribution < -0.4 is 9.47 Å². The fourth-order valence-corrected chi connectivity index (χ4v) is 4.12. The van der Waals surface area contributed by atoms with Crippen LogP contribution in [0.5, 0.6) is 11.5 Å². The van der Waals surface area contributed by atoms with Crippen LogP contribution in [0.15, 0.2) is 78.4 Å². The van der Waals surface area contributed by atoms with Crippen molar-refractivity contribution in [1.82, 2.24) is 4.90 Å². The molecule has 8 nitrogen and oxygen atoms in total. The van der Waals surface area contributed by atoms with Crippen LogP contribution in [0.2, 0.25) is 0 Å². The molecule has 3 aromatic rings. The van der Waals surface area contributed by atoms with E-state index in [1.807, 2.05) is 6.07 Å². The molecule has 0 bridgehead atoms. The topological polar surface area (TPSA) is 113 Å². The summed E-state index contributed by atoms with van der Waals surface area (Å²) in [4.78, 5) is 39.0. The molecule has 8 heteroatoms. The number of aliphatic hydroxyl groups is 1. The highest BCUT2D eigenvalue weighted by Crippen LogP contribution is 2.42. The van der Waals surface area contributed by atoms with Crippen LogP contribution in [-0.4, -0.2) is 47.0 Å². The molecule has 3 aromatic carbocycles. The number of aromatic carboxylic acids is 1. The van der Waals surface area contributed by atoms with E-state index < -0.39 is 23.7 Å². The number of carbonyl (C=O) groups is 3.